The third-order valence-electron chi connectivity index (χ3n) is 2.79. The standard InChI is InChI=1S/C14H14N4O2S/c1-9-13(21-12(7-15)16-9)14-17-11(18-20-14)8-19-10-5-3-2-4-6-10/h2-6H,7-8,15H2,1H3. The van der Waals surface area contributed by atoms with E-state index in [0.717, 1.165) is 21.3 Å². The van der Waals surface area contributed by atoms with Crippen LogP contribution in [0.5, 0.6) is 5.75 Å². The summed E-state index contributed by atoms with van der Waals surface area (Å²) in [5.74, 6) is 1.72. The van der Waals surface area contributed by atoms with Crippen LogP contribution >= 0.6 is 11.3 Å². The van der Waals surface area contributed by atoms with Crippen molar-refractivity contribution in [3.8, 4) is 16.5 Å². The smallest absolute Gasteiger partial charge is 0.270 e. The van der Waals surface area contributed by atoms with Crippen molar-refractivity contribution in [1.29, 1.82) is 0 Å². The van der Waals surface area contributed by atoms with E-state index in [0.29, 0.717) is 18.3 Å². The molecular formula is C14H14N4O2S. The highest BCUT2D eigenvalue weighted by molar-refractivity contribution is 7.15. The predicted octanol–water partition coefficient (Wildman–Crippen LogP) is 2.54. The Morgan fingerprint density at radius 1 is 1.24 bits per heavy atom. The van der Waals surface area contributed by atoms with Gasteiger partial charge in [0.2, 0.25) is 5.82 Å². The average Bonchev–Trinajstić information content (AvgIpc) is 3.12. The van der Waals surface area contributed by atoms with Gasteiger partial charge in [0.15, 0.2) is 6.61 Å². The third kappa shape index (κ3) is 3.09. The minimum absolute atomic E-state index is 0.259. The van der Waals surface area contributed by atoms with Crippen LogP contribution in [0.4, 0.5) is 0 Å². The topological polar surface area (TPSA) is 87.1 Å². The van der Waals surface area contributed by atoms with Gasteiger partial charge in [-0.05, 0) is 19.1 Å². The van der Waals surface area contributed by atoms with Crippen LogP contribution in [0.1, 0.15) is 16.5 Å². The zero-order valence-electron chi connectivity index (χ0n) is 11.4. The Labute approximate surface area is 125 Å². The van der Waals surface area contributed by atoms with Gasteiger partial charge in [-0.3, -0.25) is 0 Å². The molecule has 0 unspecified atom stereocenters. The molecule has 3 rings (SSSR count). The lowest BCUT2D eigenvalue weighted by atomic mass is 10.3. The summed E-state index contributed by atoms with van der Waals surface area (Å²) in [6.07, 6.45) is 0. The number of hydrogen-bond acceptors (Lipinski definition) is 7. The summed E-state index contributed by atoms with van der Waals surface area (Å²) in [6.45, 7) is 2.56. The summed E-state index contributed by atoms with van der Waals surface area (Å²) in [5, 5.41) is 4.77. The van der Waals surface area contributed by atoms with Crippen LogP contribution in [-0.2, 0) is 13.2 Å². The fourth-order valence-electron chi connectivity index (χ4n) is 1.81. The van der Waals surface area contributed by atoms with E-state index in [2.05, 4.69) is 15.1 Å². The number of aryl methyl sites for hydroxylation is 1. The fraction of sp³-hybridized carbons (Fsp3) is 0.214. The zero-order valence-corrected chi connectivity index (χ0v) is 12.3. The molecule has 0 aliphatic heterocycles. The summed E-state index contributed by atoms with van der Waals surface area (Å²) in [6, 6.07) is 9.50. The molecule has 2 N–H and O–H groups in total. The monoisotopic (exact) mass is 302 g/mol. The highest BCUT2D eigenvalue weighted by atomic mass is 32.1. The highest BCUT2D eigenvalue weighted by Gasteiger charge is 2.16. The summed E-state index contributed by atoms with van der Waals surface area (Å²) < 4.78 is 10.8. The average molecular weight is 302 g/mol. The number of hydrogen-bond donors (Lipinski definition) is 1. The number of ether oxygens (including phenoxy) is 1. The van der Waals surface area contributed by atoms with Gasteiger partial charge in [0.05, 0.1) is 5.69 Å². The van der Waals surface area contributed by atoms with E-state index in [4.69, 9.17) is 15.0 Å². The summed E-state index contributed by atoms with van der Waals surface area (Å²) >= 11 is 1.47. The van der Waals surface area contributed by atoms with Gasteiger partial charge in [-0.1, -0.05) is 23.4 Å². The normalized spacial score (nSPS) is 10.8. The molecule has 0 bridgehead atoms. The van der Waals surface area contributed by atoms with Crippen molar-refractivity contribution in [2.24, 2.45) is 5.73 Å². The van der Waals surface area contributed by atoms with Crippen LogP contribution in [0.25, 0.3) is 10.8 Å². The van der Waals surface area contributed by atoms with Crippen LogP contribution in [-0.4, -0.2) is 15.1 Å². The van der Waals surface area contributed by atoms with Gasteiger partial charge in [-0.25, -0.2) is 4.98 Å². The van der Waals surface area contributed by atoms with Crippen molar-refractivity contribution in [1.82, 2.24) is 15.1 Å². The number of thiazole rings is 1. The lowest BCUT2D eigenvalue weighted by Crippen LogP contribution is -1.97. The molecular weight excluding hydrogens is 288 g/mol. The quantitative estimate of drug-likeness (QED) is 0.779. The van der Waals surface area contributed by atoms with E-state index in [-0.39, 0.29) is 6.61 Å². The molecule has 3 aromatic rings. The maximum atomic E-state index is 5.59. The molecule has 6 nitrogen and oxygen atoms in total. The third-order valence-corrected chi connectivity index (χ3v) is 3.96. The van der Waals surface area contributed by atoms with Gasteiger partial charge in [0.25, 0.3) is 5.89 Å². The van der Waals surface area contributed by atoms with E-state index >= 15 is 0 Å². The Morgan fingerprint density at radius 3 is 2.76 bits per heavy atom. The van der Waals surface area contributed by atoms with Gasteiger partial charge in [0.1, 0.15) is 15.6 Å². The van der Waals surface area contributed by atoms with E-state index in [1.807, 2.05) is 37.3 Å². The van der Waals surface area contributed by atoms with Crippen LogP contribution in [0.3, 0.4) is 0 Å². The van der Waals surface area contributed by atoms with Gasteiger partial charge in [0, 0.05) is 6.54 Å². The van der Waals surface area contributed by atoms with Gasteiger partial charge >= 0.3 is 0 Å². The summed E-state index contributed by atoms with van der Waals surface area (Å²) in [4.78, 5) is 9.53. The Balaban J connectivity index is 1.72. The van der Waals surface area contributed by atoms with Crippen molar-refractivity contribution in [2.45, 2.75) is 20.1 Å². The maximum absolute atomic E-state index is 5.59. The molecule has 0 amide bonds. The number of aromatic nitrogens is 3. The molecule has 0 fully saturated rings. The van der Waals surface area contributed by atoms with Crippen LogP contribution in [0, 0.1) is 6.92 Å². The van der Waals surface area contributed by atoms with Crippen LogP contribution in [0.2, 0.25) is 0 Å². The maximum Gasteiger partial charge on any atom is 0.270 e. The lowest BCUT2D eigenvalue weighted by molar-refractivity contribution is 0.287. The minimum atomic E-state index is 0.259. The molecule has 108 valence electrons. The molecule has 0 radical (unpaired) electrons. The SMILES string of the molecule is Cc1nc(CN)sc1-c1nc(COc2ccccc2)no1. The van der Waals surface area contributed by atoms with Gasteiger partial charge in [-0.15, -0.1) is 11.3 Å². The molecule has 21 heavy (non-hydrogen) atoms. The van der Waals surface area contributed by atoms with E-state index in [1.165, 1.54) is 11.3 Å². The molecule has 0 saturated heterocycles. The summed E-state index contributed by atoms with van der Waals surface area (Å²) in [5.41, 5.74) is 6.44. The molecule has 0 aliphatic carbocycles. The second kappa shape index (κ2) is 6.02. The van der Waals surface area contributed by atoms with Crippen LogP contribution < -0.4 is 10.5 Å². The lowest BCUT2D eigenvalue weighted by Gasteiger charge is -2.01. The molecule has 0 spiro atoms. The van der Waals surface area contributed by atoms with Crippen molar-refractivity contribution in [3.63, 3.8) is 0 Å². The predicted molar refractivity (Wildman–Crippen MR) is 78.8 cm³/mol. The number of para-hydroxylation sites is 1. The number of rotatable bonds is 5. The second-order valence-corrected chi connectivity index (χ2v) is 5.43. The molecule has 1 aromatic carbocycles. The zero-order chi connectivity index (χ0) is 14.7. The first-order valence-corrected chi connectivity index (χ1v) is 7.25. The molecule has 0 aliphatic rings. The first-order chi connectivity index (χ1) is 10.3. The Bertz CT molecular complexity index is 724. The summed E-state index contributed by atoms with van der Waals surface area (Å²) in [7, 11) is 0. The molecule has 2 aromatic heterocycles. The fourth-order valence-corrected chi connectivity index (χ4v) is 2.67. The molecule has 7 heteroatoms. The van der Waals surface area contributed by atoms with E-state index < -0.39 is 0 Å². The number of nitrogens with zero attached hydrogens (tertiary/aromatic N) is 3. The largest absolute Gasteiger partial charge is 0.485 e. The number of benzene rings is 1. The highest BCUT2D eigenvalue weighted by Crippen LogP contribution is 2.28. The Morgan fingerprint density at radius 2 is 2.05 bits per heavy atom. The Kier molecular flexibility index (Phi) is 3.94. The van der Waals surface area contributed by atoms with Crippen molar-refractivity contribution in [2.75, 3.05) is 0 Å². The molecule has 0 atom stereocenters. The van der Waals surface area contributed by atoms with Gasteiger partial charge < -0.3 is 15.0 Å². The van der Waals surface area contributed by atoms with E-state index in [1.54, 1.807) is 0 Å². The van der Waals surface area contributed by atoms with Crippen LogP contribution in [0.15, 0.2) is 34.9 Å². The minimum Gasteiger partial charge on any atom is -0.485 e. The second-order valence-electron chi connectivity index (χ2n) is 4.34. The van der Waals surface area contributed by atoms with Crippen molar-refractivity contribution >= 4 is 11.3 Å². The first-order valence-electron chi connectivity index (χ1n) is 6.43. The molecule has 0 saturated carbocycles. The molecule has 2 heterocycles. The van der Waals surface area contributed by atoms with Gasteiger partial charge in [-0.2, -0.15) is 4.98 Å². The van der Waals surface area contributed by atoms with Crippen molar-refractivity contribution < 1.29 is 9.26 Å². The Hall–Kier alpha value is -2.25. The first kappa shape index (κ1) is 13.7. The van der Waals surface area contributed by atoms with Crippen molar-refractivity contribution in [3.05, 3.63) is 46.9 Å². The number of nitrogens with two attached hydrogens (primary N) is 1. The van der Waals surface area contributed by atoms with E-state index in [9.17, 15) is 0 Å².